The Morgan fingerprint density at radius 2 is 1.68 bits per heavy atom. The van der Waals surface area contributed by atoms with E-state index >= 15 is 0 Å². The van der Waals surface area contributed by atoms with Crippen LogP contribution in [0.3, 0.4) is 0 Å². The fraction of sp³-hybridized carbons (Fsp3) is 0.414. The molecule has 1 unspecified atom stereocenters. The summed E-state index contributed by atoms with van der Waals surface area (Å²) >= 11 is 0. The molecule has 1 saturated heterocycles. The summed E-state index contributed by atoms with van der Waals surface area (Å²) in [5.74, 6) is -0.00644. The van der Waals surface area contributed by atoms with Gasteiger partial charge in [-0.1, -0.05) is 17.3 Å². The standard InChI is InChI=1S/C29H33N9O3/c1-31-26(40)20-7-9-23-18(14-20)5-6-19-15-21(27(41)32-2)8-10-24(19)29(23,28-34-36-37-35-28)11-12-33-17-25(39)38-13-3-4-22(38)16-30/h7-10,14-15,22,33H,3-6,11-13,17H2,1-2H3,(H,31,40)(H,32,41)(H,34,35,36,37). The Balaban J connectivity index is 1.55. The smallest absolute Gasteiger partial charge is 0.251 e. The maximum Gasteiger partial charge on any atom is 0.251 e. The summed E-state index contributed by atoms with van der Waals surface area (Å²) in [6, 6.07) is 13.1. The van der Waals surface area contributed by atoms with Gasteiger partial charge < -0.3 is 20.9 Å². The number of aromatic amines is 1. The number of aromatic nitrogens is 4. The van der Waals surface area contributed by atoms with Crippen molar-refractivity contribution in [3.63, 3.8) is 0 Å². The van der Waals surface area contributed by atoms with Crippen LogP contribution in [-0.2, 0) is 23.1 Å². The van der Waals surface area contributed by atoms with E-state index in [1.165, 1.54) is 0 Å². The Hall–Kier alpha value is -4.63. The van der Waals surface area contributed by atoms with E-state index < -0.39 is 5.41 Å². The Kier molecular flexibility index (Phi) is 8.07. The van der Waals surface area contributed by atoms with Gasteiger partial charge in [-0.15, -0.1) is 10.2 Å². The molecule has 1 aliphatic carbocycles. The van der Waals surface area contributed by atoms with Gasteiger partial charge in [0, 0.05) is 31.8 Å². The quantitative estimate of drug-likeness (QED) is 0.297. The number of hydrogen-bond acceptors (Lipinski definition) is 8. The van der Waals surface area contributed by atoms with Crippen LogP contribution in [0.25, 0.3) is 0 Å². The predicted molar refractivity (Wildman–Crippen MR) is 149 cm³/mol. The second-order valence-electron chi connectivity index (χ2n) is 10.3. The number of likely N-dealkylation sites (tertiary alicyclic amines) is 1. The fourth-order valence-corrected chi connectivity index (χ4v) is 6.16. The van der Waals surface area contributed by atoms with Crippen molar-refractivity contribution in [1.82, 2.24) is 41.5 Å². The molecule has 4 N–H and O–H groups in total. The molecule has 212 valence electrons. The molecular weight excluding hydrogens is 522 g/mol. The molecule has 2 heterocycles. The number of nitrogens with zero attached hydrogens (tertiary/aromatic N) is 5. The van der Waals surface area contributed by atoms with E-state index in [-0.39, 0.29) is 30.3 Å². The number of rotatable bonds is 8. The van der Waals surface area contributed by atoms with Gasteiger partial charge in [0.25, 0.3) is 11.8 Å². The van der Waals surface area contributed by atoms with E-state index in [0.29, 0.717) is 55.7 Å². The van der Waals surface area contributed by atoms with Crippen LogP contribution < -0.4 is 16.0 Å². The number of hydrogen-bond donors (Lipinski definition) is 4. The van der Waals surface area contributed by atoms with Crippen molar-refractivity contribution in [3.8, 4) is 6.07 Å². The van der Waals surface area contributed by atoms with Gasteiger partial charge in [-0.2, -0.15) is 10.5 Å². The molecule has 0 spiro atoms. The van der Waals surface area contributed by atoms with Gasteiger partial charge in [-0.3, -0.25) is 14.4 Å². The van der Waals surface area contributed by atoms with Gasteiger partial charge in [-0.25, -0.2) is 0 Å². The largest absolute Gasteiger partial charge is 0.355 e. The highest BCUT2D eigenvalue weighted by atomic mass is 16.2. The first-order chi connectivity index (χ1) is 19.9. The summed E-state index contributed by atoms with van der Waals surface area (Å²) in [6.07, 6.45) is 3.28. The Bertz CT molecular complexity index is 1430. The molecule has 12 heteroatoms. The summed E-state index contributed by atoms with van der Waals surface area (Å²) < 4.78 is 0. The molecule has 0 saturated carbocycles. The molecular formula is C29H33N9O3. The lowest BCUT2D eigenvalue weighted by molar-refractivity contribution is -0.130. The van der Waals surface area contributed by atoms with Crippen molar-refractivity contribution in [1.29, 1.82) is 5.26 Å². The maximum atomic E-state index is 12.9. The maximum absolute atomic E-state index is 12.9. The normalized spacial score (nSPS) is 17.1. The van der Waals surface area contributed by atoms with Crippen molar-refractivity contribution in [3.05, 3.63) is 75.6 Å². The lowest BCUT2D eigenvalue weighted by Gasteiger charge is -2.34. The molecule has 41 heavy (non-hydrogen) atoms. The molecule has 3 amide bonds. The number of tetrazole rings is 1. The highest BCUT2D eigenvalue weighted by molar-refractivity contribution is 5.95. The van der Waals surface area contributed by atoms with Crippen LogP contribution in [0, 0.1) is 11.3 Å². The van der Waals surface area contributed by atoms with E-state index in [1.807, 2.05) is 24.3 Å². The van der Waals surface area contributed by atoms with Crippen LogP contribution in [0.4, 0.5) is 0 Å². The fourth-order valence-electron chi connectivity index (χ4n) is 6.16. The van der Waals surface area contributed by atoms with Crippen LogP contribution in [-0.4, -0.2) is 83.0 Å². The number of nitriles is 1. The molecule has 12 nitrogen and oxygen atoms in total. The number of benzene rings is 2. The molecule has 5 rings (SSSR count). The van der Waals surface area contributed by atoms with E-state index in [0.717, 1.165) is 28.7 Å². The molecule has 2 aromatic carbocycles. The zero-order chi connectivity index (χ0) is 29.0. The molecule has 1 atom stereocenters. The van der Waals surface area contributed by atoms with Gasteiger partial charge in [0.2, 0.25) is 5.91 Å². The Morgan fingerprint density at radius 1 is 1.05 bits per heavy atom. The Labute approximate surface area is 237 Å². The Morgan fingerprint density at radius 3 is 2.22 bits per heavy atom. The zero-order valence-electron chi connectivity index (χ0n) is 23.2. The highest BCUT2D eigenvalue weighted by Crippen LogP contribution is 2.46. The molecule has 1 aliphatic heterocycles. The number of amides is 3. The van der Waals surface area contributed by atoms with Gasteiger partial charge in [-0.05, 0) is 85.2 Å². The minimum absolute atomic E-state index is 0.102. The minimum Gasteiger partial charge on any atom is -0.355 e. The number of aryl methyl sites for hydroxylation is 2. The third-order valence-electron chi connectivity index (χ3n) is 8.17. The van der Waals surface area contributed by atoms with Gasteiger partial charge in [0.1, 0.15) is 6.04 Å². The van der Waals surface area contributed by atoms with Crippen LogP contribution in [0.15, 0.2) is 36.4 Å². The third kappa shape index (κ3) is 5.16. The average molecular weight is 556 g/mol. The summed E-state index contributed by atoms with van der Waals surface area (Å²) in [6.45, 7) is 1.12. The second kappa shape index (κ2) is 11.9. The van der Waals surface area contributed by atoms with Gasteiger partial charge in [0.05, 0.1) is 18.0 Å². The molecule has 0 bridgehead atoms. The number of carbonyl (C=O) groups is 3. The van der Waals surface area contributed by atoms with Crippen molar-refractivity contribution >= 4 is 17.7 Å². The second-order valence-corrected chi connectivity index (χ2v) is 10.3. The monoisotopic (exact) mass is 555 g/mol. The topological polar surface area (TPSA) is 169 Å². The first-order valence-electron chi connectivity index (χ1n) is 13.8. The van der Waals surface area contributed by atoms with Crippen molar-refractivity contribution in [2.45, 2.75) is 43.6 Å². The SMILES string of the molecule is CNC(=O)c1ccc2c(c1)CCc1cc(C(=O)NC)ccc1C2(CCNCC(=O)N1CCCC1C#N)c1nn[nH]n1. The summed E-state index contributed by atoms with van der Waals surface area (Å²) in [4.78, 5) is 39.5. The minimum atomic E-state index is -0.879. The average Bonchev–Trinajstić information content (AvgIpc) is 3.70. The molecule has 1 fully saturated rings. The van der Waals surface area contributed by atoms with Crippen molar-refractivity contribution < 1.29 is 14.4 Å². The zero-order valence-corrected chi connectivity index (χ0v) is 23.2. The van der Waals surface area contributed by atoms with E-state index in [4.69, 9.17) is 0 Å². The van der Waals surface area contributed by atoms with Crippen LogP contribution in [0.5, 0.6) is 0 Å². The van der Waals surface area contributed by atoms with Crippen LogP contribution in [0.2, 0.25) is 0 Å². The summed E-state index contributed by atoms with van der Waals surface area (Å²) in [7, 11) is 3.20. The van der Waals surface area contributed by atoms with Crippen LogP contribution in [0.1, 0.15) is 68.1 Å². The van der Waals surface area contributed by atoms with E-state index in [9.17, 15) is 19.6 Å². The highest BCUT2D eigenvalue weighted by Gasteiger charge is 2.44. The third-order valence-corrected chi connectivity index (χ3v) is 8.17. The van der Waals surface area contributed by atoms with Crippen molar-refractivity contribution in [2.75, 3.05) is 33.7 Å². The first kappa shape index (κ1) is 27.9. The van der Waals surface area contributed by atoms with Crippen LogP contribution >= 0.6 is 0 Å². The molecule has 1 aromatic heterocycles. The van der Waals surface area contributed by atoms with E-state index in [2.05, 4.69) is 42.6 Å². The molecule has 2 aliphatic rings. The van der Waals surface area contributed by atoms with E-state index in [1.54, 1.807) is 31.1 Å². The lowest BCUT2D eigenvalue weighted by Crippen LogP contribution is -2.42. The van der Waals surface area contributed by atoms with Gasteiger partial charge >= 0.3 is 0 Å². The number of H-pyrrole nitrogens is 1. The molecule has 0 radical (unpaired) electrons. The number of nitrogens with one attached hydrogen (secondary N) is 4. The number of fused-ring (bicyclic) bond motifs is 2. The first-order valence-corrected chi connectivity index (χ1v) is 13.8. The summed E-state index contributed by atoms with van der Waals surface area (Å²) in [5.41, 5.74) is 4.04. The van der Waals surface area contributed by atoms with Crippen molar-refractivity contribution in [2.24, 2.45) is 0 Å². The predicted octanol–water partition coefficient (Wildman–Crippen LogP) is 0.846. The number of carbonyl (C=O) groups excluding carboxylic acids is 3. The van der Waals surface area contributed by atoms with Gasteiger partial charge in [0.15, 0.2) is 5.82 Å². The lowest BCUT2D eigenvalue weighted by atomic mass is 9.69. The summed E-state index contributed by atoms with van der Waals surface area (Å²) in [5, 5.41) is 33.4. The molecule has 3 aromatic rings.